The standard InChI is InChI=1S/C13H27NOS.CH3NOS.Cu/c1-3-5-7-9-11-14(13(15)16)12-10-8-6-4-2;2-1(3)4;/h3-12H2,1-2H3,(H,15,16);(H3,2,3,4);/q;;+2/p-2. The van der Waals surface area contributed by atoms with E-state index in [9.17, 15) is 5.11 Å². The van der Waals surface area contributed by atoms with E-state index in [1.807, 2.05) is 4.90 Å². The normalized spacial score (nSPS) is 9.05. The molecule has 0 fully saturated rings. The zero-order valence-corrected chi connectivity index (χ0v) is 15.6. The molecule has 7 heteroatoms. The van der Waals surface area contributed by atoms with Gasteiger partial charge in [-0.3, -0.25) is 0 Å². The molecule has 0 rings (SSSR count). The smallest absolute Gasteiger partial charge is 0.852 e. The minimum atomic E-state index is -0.750. The van der Waals surface area contributed by atoms with Gasteiger partial charge < -0.3 is 20.8 Å². The summed E-state index contributed by atoms with van der Waals surface area (Å²) in [6.45, 7) is 6.10. The first kappa shape index (κ1) is 25.8. The largest absolute Gasteiger partial charge is 2.00 e. The summed E-state index contributed by atoms with van der Waals surface area (Å²) in [6.07, 6.45) is 9.62. The Hall–Kier alpha value is -0.101. The number of hydrogen-bond donors (Lipinski definition) is 1. The molecule has 0 heterocycles. The average molecular weight is 384 g/mol. The van der Waals surface area contributed by atoms with Crippen LogP contribution in [0.1, 0.15) is 65.2 Å². The van der Waals surface area contributed by atoms with Gasteiger partial charge in [-0.05, 0) is 12.8 Å². The zero-order valence-electron chi connectivity index (χ0n) is 13.0. The third-order valence-electron chi connectivity index (χ3n) is 2.82. The number of thiocarbonyl (C=S) groups is 2. The summed E-state index contributed by atoms with van der Waals surface area (Å²) >= 11 is 8.50. The second kappa shape index (κ2) is 19.9. The molecule has 0 aliphatic rings. The molecule has 0 aliphatic carbocycles. The molecule has 0 amide bonds. The molecular weight excluding hydrogens is 356 g/mol. The van der Waals surface area contributed by atoms with Crippen LogP contribution in [-0.2, 0) is 17.1 Å². The first-order chi connectivity index (χ1) is 9.45. The molecule has 1 radical (unpaired) electrons. The molecule has 4 nitrogen and oxygen atoms in total. The van der Waals surface area contributed by atoms with Crippen LogP contribution in [0.3, 0.4) is 0 Å². The molecule has 2 N–H and O–H groups in total. The Morgan fingerprint density at radius 3 is 1.43 bits per heavy atom. The second-order valence-electron chi connectivity index (χ2n) is 4.69. The van der Waals surface area contributed by atoms with Crippen molar-refractivity contribution in [3.8, 4) is 0 Å². The van der Waals surface area contributed by atoms with Crippen molar-refractivity contribution in [1.82, 2.24) is 4.90 Å². The summed E-state index contributed by atoms with van der Waals surface area (Å²) in [5, 5.41) is 19.3. The second-order valence-corrected chi connectivity index (χ2v) is 5.44. The van der Waals surface area contributed by atoms with Gasteiger partial charge in [0, 0.05) is 23.4 Å². The fourth-order valence-corrected chi connectivity index (χ4v) is 1.94. The molecule has 21 heavy (non-hydrogen) atoms. The first-order valence-corrected chi connectivity index (χ1v) is 8.19. The van der Waals surface area contributed by atoms with E-state index in [2.05, 4.69) is 31.8 Å². The summed E-state index contributed by atoms with van der Waals surface area (Å²) in [6, 6.07) is 0. The first-order valence-electron chi connectivity index (χ1n) is 7.38. The van der Waals surface area contributed by atoms with Crippen LogP contribution in [0.15, 0.2) is 0 Å². The zero-order chi connectivity index (χ0) is 15.8. The molecule has 0 aromatic rings. The van der Waals surface area contributed by atoms with Crippen molar-refractivity contribution in [2.75, 3.05) is 13.1 Å². The number of nitrogens with two attached hydrogens (primary N) is 1. The van der Waals surface area contributed by atoms with Crippen LogP contribution in [0.25, 0.3) is 0 Å². The maximum Gasteiger partial charge on any atom is 2.00 e. The van der Waals surface area contributed by atoms with E-state index < -0.39 is 5.17 Å². The Morgan fingerprint density at radius 2 is 1.19 bits per heavy atom. The Bertz CT molecular complexity index is 241. The van der Waals surface area contributed by atoms with Gasteiger partial charge in [0.15, 0.2) is 0 Å². The quantitative estimate of drug-likeness (QED) is 0.351. The minimum absolute atomic E-state index is 0. The molecule has 0 unspecified atom stereocenters. The van der Waals surface area contributed by atoms with Gasteiger partial charge in [0.2, 0.25) is 0 Å². The van der Waals surface area contributed by atoms with Gasteiger partial charge in [-0.2, -0.15) is 0 Å². The summed E-state index contributed by atoms with van der Waals surface area (Å²) in [4.78, 5) is 1.83. The molecule has 0 atom stereocenters. The van der Waals surface area contributed by atoms with Crippen molar-refractivity contribution in [2.45, 2.75) is 65.2 Å². The molecule has 0 aromatic carbocycles. The molecule has 0 saturated heterocycles. The SMILES string of the molecule is CCCCCCN(CCCCCC)C([O-])=S.NC([O-])=S.[Cu+2]. The summed E-state index contributed by atoms with van der Waals surface area (Å²) < 4.78 is 0. The van der Waals surface area contributed by atoms with Crippen LogP contribution < -0.4 is 15.9 Å². The average Bonchev–Trinajstić information content (AvgIpc) is 2.36. The van der Waals surface area contributed by atoms with E-state index in [0.29, 0.717) is 0 Å². The van der Waals surface area contributed by atoms with Gasteiger partial charge in [-0.15, -0.1) is 0 Å². The summed E-state index contributed by atoms with van der Waals surface area (Å²) in [7, 11) is 0. The van der Waals surface area contributed by atoms with Crippen LogP contribution in [0.2, 0.25) is 0 Å². The molecule has 0 bridgehead atoms. The molecule has 0 aliphatic heterocycles. The van der Waals surface area contributed by atoms with Crippen LogP contribution >= 0.6 is 24.4 Å². The van der Waals surface area contributed by atoms with Crippen molar-refractivity contribution >= 4 is 34.8 Å². The van der Waals surface area contributed by atoms with Crippen LogP contribution in [0.4, 0.5) is 0 Å². The molecule has 0 aromatic heterocycles. The monoisotopic (exact) mass is 383 g/mol. The fourth-order valence-electron chi connectivity index (χ4n) is 1.75. The maximum atomic E-state index is 11.2. The Balaban J connectivity index is -0.000000572. The van der Waals surface area contributed by atoms with Gasteiger partial charge in [-0.25, -0.2) is 0 Å². The van der Waals surface area contributed by atoms with E-state index in [1.165, 1.54) is 38.5 Å². The molecular formula is C14H28CuN2O2S2. The number of rotatable bonds is 10. The predicted octanol–water partition coefficient (Wildman–Crippen LogP) is 1.68. The number of unbranched alkanes of at least 4 members (excludes halogenated alkanes) is 6. The van der Waals surface area contributed by atoms with Crippen LogP contribution in [-0.4, -0.2) is 28.3 Å². The van der Waals surface area contributed by atoms with Crippen LogP contribution in [0.5, 0.6) is 0 Å². The van der Waals surface area contributed by atoms with Gasteiger partial charge >= 0.3 is 17.1 Å². The van der Waals surface area contributed by atoms with Gasteiger partial charge in [0.05, 0.1) is 0 Å². The van der Waals surface area contributed by atoms with Gasteiger partial charge in [-0.1, -0.05) is 76.8 Å². The van der Waals surface area contributed by atoms with Crippen molar-refractivity contribution in [3.05, 3.63) is 0 Å². The summed E-state index contributed by atoms with van der Waals surface area (Å²) in [5.41, 5.74) is 4.29. The molecule has 0 saturated carbocycles. The van der Waals surface area contributed by atoms with E-state index >= 15 is 0 Å². The van der Waals surface area contributed by atoms with E-state index in [4.69, 9.17) is 17.3 Å². The van der Waals surface area contributed by atoms with Crippen molar-refractivity contribution in [3.63, 3.8) is 0 Å². The van der Waals surface area contributed by atoms with Crippen molar-refractivity contribution in [2.24, 2.45) is 5.73 Å². The third-order valence-corrected chi connectivity index (χ3v) is 3.08. The minimum Gasteiger partial charge on any atom is -0.852 e. The van der Waals surface area contributed by atoms with Crippen molar-refractivity contribution in [1.29, 1.82) is 0 Å². The maximum absolute atomic E-state index is 11.2. The Kier molecular flexibility index (Phi) is 24.5. The molecule has 0 spiro atoms. The Morgan fingerprint density at radius 1 is 0.857 bits per heavy atom. The van der Waals surface area contributed by atoms with E-state index in [-0.39, 0.29) is 22.2 Å². The Labute approximate surface area is 150 Å². The summed E-state index contributed by atoms with van der Waals surface area (Å²) in [5.74, 6) is 0. The number of hydrogen-bond acceptors (Lipinski definition) is 4. The topological polar surface area (TPSA) is 75.4 Å². The van der Waals surface area contributed by atoms with E-state index in [1.54, 1.807) is 0 Å². The fraction of sp³-hybridized carbons (Fsp3) is 0.857. The van der Waals surface area contributed by atoms with Gasteiger partial charge in [0.25, 0.3) is 0 Å². The van der Waals surface area contributed by atoms with Crippen molar-refractivity contribution < 1.29 is 27.3 Å². The third kappa shape index (κ3) is 25.2. The van der Waals surface area contributed by atoms with E-state index in [0.717, 1.165) is 25.9 Å². The van der Waals surface area contributed by atoms with Gasteiger partial charge in [0.1, 0.15) is 0 Å². The van der Waals surface area contributed by atoms with Crippen LogP contribution in [0, 0.1) is 0 Å². The predicted molar refractivity (Wildman–Crippen MR) is 89.2 cm³/mol. The molecule has 129 valence electrons. The number of nitrogens with zero attached hydrogens (tertiary/aromatic N) is 1.